The fourth-order valence-electron chi connectivity index (χ4n) is 3.11. The van der Waals surface area contributed by atoms with Crippen molar-refractivity contribution in [3.8, 4) is 0 Å². The first-order valence-electron chi connectivity index (χ1n) is 7.87. The van der Waals surface area contributed by atoms with Gasteiger partial charge in [-0.15, -0.1) is 0 Å². The Hall–Kier alpha value is -0.160. The van der Waals surface area contributed by atoms with Gasteiger partial charge in [0.05, 0.1) is 12.2 Å². The lowest BCUT2D eigenvalue weighted by molar-refractivity contribution is -0.0121. The van der Waals surface area contributed by atoms with Crippen molar-refractivity contribution in [2.75, 3.05) is 46.4 Å². The molecule has 2 rings (SSSR count). The number of rotatable bonds is 6. The Morgan fingerprint density at radius 1 is 1.21 bits per heavy atom. The normalized spacial score (nSPS) is 30.6. The zero-order valence-electron chi connectivity index (χ0n) is 12.6. The number of likely N-dealkylation sites (tertiary alicyclic amines) is 1. The molecule has 2 aliphatic heterocycles. The summed E-state index contributed by atoms with van der Waals surface area (Å²) in [7, 11) is 1.84. The zero-order chi connectivity index (χ0) is 13.5. The third-order valence-corrected chi connectivity index (χ3v) is 4.53. The molecule has 2 aliphatic rings. The summed E-state index contributed by atoms with van der Waals surface area (Å²) in [6, 6.07) is 0. The average molecular weight is 270 g/mol. The molecule has 0 radical (unpaired) electrons. The number of hydrogen-bond donors (Lipinski definition) is 1. The Morgan fingerprint density at radius 2 is 2.00 bits per heavy atom. The predicted molar refractivity (Wildman–Crippen MR) is 77.5 cm³/mol. The van der Waals surface area contributed by atoms with Crippen molar-refractivity contribution in [3.05, 3.63) is 0 Å². The monoisotopic (exact) mass is 270 g/mol. The van der Waals surface area contributed by atoms with Crippen LogP contribution in [0.5, 0.6) is 0 Å². The second kappa shape index (κ2) is 8.20. The number of piperidine rings is 2. The van der Waals surface area contributed by atoms with E-state index in [4.69, 9.17) is 9.47 Å². The van der Waals surface area contributed by atoms with E-state index in [1.807, 2.05) is 7.11 Å². The number of ether oxygens (including phenoxy) is 2. The van der Waals surface area contributed by atoms with Gasteiger partial charge in [0.1, 0.15) is 0 Å². The van der Waals surface area contributed by atoms with Gasteiger partial charge >= 0.3 is 0 Å². The molecule has 2 fully saturated rings. The topological polar surface area (TPSA) is 33.7 Å². The first-order chi connectivity index (χ1) is 9.29. The van der Waals surface area contributed by atoms with Crippen LogP contribution in [-0.4, -0.2) is 63.5 Å². The van der Waals surface area contributed by atoms with E-state index in [0.29, 0.717) is 18.1 Å². The van der Waals surface area contributed by atoms with Crippen LogP contribution in [0.4, 0.5) is 0 Å². The fourth-order valence-corrected chi connectivity index (χ4v) is 3.11. The molecule has 1 N–H and O–H groups in total. The molecule has 0 spiro atoms. The molecule has 4 nitrogen and oxygen atoms in total. The van der Waals surface area contributed by atoms with Gasteiger partial charge in [0.2, 0.25) is 0 Å². The van der Waals surface area contributed by atoms with Crippen molar-refractivity contribution < 1.29 is 9.47 Å². The molecular formula is C15H30N2O2. The lowest BCUT2D eigenvalue weighted by atomic mass is 9.96. The van der Waals surface area contributed by atoms with Crippen molar-refractivity contribution in [2.24, 2.45) is 5.92 Å². The summed E-state index contributed by atoms with van der Waals surface area (Å²) in [5, 5.41) is 3.37. The van der Waals surface area contributed by atoms with E-state index in [-0.39, 0.29) is 0 Å². The number of hydrogen-bond acceptors (Lipinski definition) is 4. The van der Waals surface area contributed by atoms with Gasteiger partial charge in [-0.3, -0.25) is 0 Å². The highest BCUT2D eigenvalue weighted by molar-refractivity contribution is 4.78. The molecule has 2 heterocycles. The summed E-state index contributed by atoms with van der Waals surface area (Å²) in [4.78, 5) is 2.53. The van der Waals surface area contributed by atoms with Crippen LogP contribution in [0.1, 0.15) is 32.6 Å². The van der Waals surface area contributed by atoms with Gasteiger partial charge in [0.25, 0.3) is 0 Å². The van der Waals surface area contributed by atoms with Gasteiger partial charge in [0, 0.05) is 26.8 Å². The second-order valence-electron chi connectivity index (χ2n) is 6.01. The minimum atomic E-state index is 0.416. The van der Waals surface area contributed by atoms with Gasteiger partial charge in [-0.2, -0.15) is 0 Å². The maximum Gasteiger partial charge on any atom is 0.0724 e. The number of nitrogens with one attached hydrogen (secondary N) is 1. The van der Waals surface area contributed by atoms with Crippen molar-refractivity contribution in [1.29, 1.82) is 0 Å². The smallest absolute Gasteiger partial charge is 0.0724 e. The summed E-state index contributed by atoms with van der Waals surface area (Å²) >= 11 is 0. The molecule has 4 heteroatoms. The lowest BCUT2D eigenvalue weighted by Crippen LogP contribution is -2.44. The van der Waals surface area contributed by atoms with Gasteiger partial charge in [0.15, 0.2) is 0 Å². The van der Waals surface area contributed by atoms with E-state index < -0.39 is 0 Å². The molecule has 2 saturated heterocycles. The van der Waals surface area contributed by atoms with Crippen LogP contribution in [0.3, 0.4) is 0 Å². The van der Waals surface area contributed by atoms with Crippen LogP contribution in [0.15, 0.2) is 0 Å². The van der Waals surface area contributed by atoms with Gasteiger partial charge in [-0.25, -0.2) is 0 Å². The Kier molecular flexibility index (Phi) is 6.57. The van der Waals surface area contributed by atoms with Gasteiger partial charge in [-0.1, -0.05) is 6.92 Å². The Morgan fingerprint density at radius 3 is 2.74 bits per heavy atom. The summed E-state index contributed by atoms with van der Waals surface area (Å²) in [5.41, 5.74) is 0. The first-order valence-corrected chi connectivity index (χ1v) is 7.87. The summed E-state index contributed by atoms with van der Waals surface area (Å²) in [6.45, 7) is 8.89. The van der Waals surface area contributed by atoms with Crippen LogP contribution < -0.4 is 5.32 Å². The molecule has 2 unspecified atom stereocenters. The maximum atomic E-state index is 5.95. The number of nitrogens with zero attached hydrogens (tertiary/aromatic N) is 1. The fraction of sp³-hybridized carbons (Fsp3) is 1.00. The maximum absolute atomic E-state index is 5.95. The molecule has 19 heavy (non-hydrogen) atoms. The molecular weight excluding hydrogens is 240 g/mol. The van der Waals surface area contributed by atoms with E-state index in [9.17, 15) is 0 Å². The lowest BCUT2D eigenvalue weighted by Gasteiger charge is -2.36. The zero-order valence-corrected chi connectivity index (χ0v) is 12.6. The van der Waals surface area contributed by atoms with Crippen LogP contribution in [0, 0.1) is 5.92 Å². The first kappa shape index (κ1) is 15.2. The SMILES string of the molecule is COC1CN(CCCOC2CCNCC2)CCC1C. The minimum Gasteiger partial charge on any atom is -0.380 e. The molecule has 0 aliphatic carbocycles. The Bertz CT molecular complexity index is 244. The van der Waals surface area contributed by atoms with Crippen molar-refractivity contribution in [1.82, 2.24) is 10.2 Å². The van der Waals surface area contributed by atoms with E-state index in [1.54, 1.807) is 0 Å². The van der Waals surface area contributed by atoms with Crippen LogP contribution >= 0.6 is 0 Å². The van der Waals surface area contributed by atoms with Crippen molar-refractivity contribution in [2.45, 2.75) is 44.8 Å². The van der Waals surface area contributed by atoms with Crippen LogP contribution in [-0.2, 0) is 9.47 Å². The second-order valence-corrected chi connectivity index (χ2v) is 6.01. The highest BCUT2D eigenvalue weighted by atomic mass is 16.5. The Labute approximate surface area is 117 Å². The van der Waals surface area contributed by atoms with E-state index in [2.05, 4.69) is 17.1 Å². The van der Waals surface area contributed by atoms with Crippen LogP contribution in [0.25, 0.3) is 0 Å². The molecule has 0 aromatic rings. The third-order valence-electron chi connectivity index (χ3n) is 4.53. The summed E-state index contributed by atoms with van der Waals surface area (Å²) < 4.78 is 11.5. The van der Waals surface area contributed by atoms with E-state index in [1.165, 1.54) is 25.8 Å². The van der Waals surface area contributed by atoms with E-state index in [0.717, 1.165) is 39.2 Å². The van der Waals surface area contributed by atoms with Crippen LogP contribution in [0.2, 0.25) is 0 Å². The highest BCUT2D eigenvalue weighted by Gasteiger charge is 2.25. The highest BCUT2D eigenvalue weighted by Crippen LogP contribution is 2.19. The average Bonchev–Trinajstić information content (AvgIpc) is 2.46. The molecule has 0 aromatic heterocycles. The molecule has 112 valence electrons. The predicted octanol–water partition coefficient (Wildman–Crippen LogP) is 1.50. The molecule has 0 saturated carbocycles. The quantitative estimate of drug-likeness (QED) is 0.742. The number of methoxy groups -OCH3 is 1. The molecule has 0 aromatic carbocycles. The molecule has 0 amide bonds. The standard InChI is InChI=1S/C15H30N2O2/c1-13-6-10-17(12-15(13)18-2)9-3-11-19-14-4-7-16-8-5-14/h13-16H,3-12H2,1-2H3. The van der Waals surface area contributed by atoms with Crippen molar-refractivity contribution >= 4 is 0 Å². The van der Waals surface area contributed by atoms with Gasteiger partial charge in [-0.05, 0) is 51.2 Å². The minimum absolute atomic E-state index is 0.416. The third kappa shape index (κ3) is 5.03. The summed E-state index contributed by atoms with van der Waals surface area (Å²) in [5.74, 6) is 0.701. The summed E-state index contributed by atoms with van der Waals surface area (Å²) in [6.07, 6.45) is 5.66. The molecule has 0 bridgehead atoms. The molecule has 2 atom stereocenters. The van der Waals surface area contributed by atoms with E-state index >= 15 is 0 Å². The van der Waals surface area contributed by atoms with Crippen molar-refractivity contribution in [3.63, 3.8) is 0 Å². The largest absolute Gasteiger partial charge is 0.380 e. The Balaban J connectivity index is 1.55. The van der Waals surface area contributed by atoms with Gasteiger partial charge < -0.3 is 19.7 Å².